The SMILES string of the molecule is CCC(C)NC(C)C(=O)NCC(C)C. The third-order valence-electron chi connectivity index (χ3n) is 2.22. The average Bonchev–Trinajstić information content (AvgIpc) is 2.13. The minimum absolute atomic E-state index is 0.0938. The highest BCUT2D eigenvalue weighted by molar-refractivity contribution is 5.81. The fourth-order valence-corrected chi connectivity index (χ4v) is 1.08. The third kappa shape index (κ3) is 5.97. The number of hydrogen-bond acceptors (Lipinski definition) is 2. The van der Waals surface area contributed by atoms with Crippen molar-refractivity contribution in [2.24, 2.45) is 5.92 Å². The van der Waals surface area contributed by atoms with Gasteiger partial charge in [-0.1, -0.05) is 20.8 Å². The molecule has 0 saturated heterocycles. The summed E-state index contributed by atoms with van der Waals surface area (Å²) in [4.78, 5) is 11.5. The number of carbonyl (C=O) groups excluding carboxylic acids is 1. The molecule has 0 aromatic carbocycles. The first-order valence-corrected chi connectivity index (χ1v) is 5.51. The summed E-state index contributed by atoms with van der Waals surface area (Å²) < 4.78 is 0. The summed E-state index contributed by atoms with van der Waals surface area (Å²) in [6.07, 6.45) is 1.04. The van der Waals surface area contributed by atoms with Crippen LogP contribution in [0.3, 0.4) is 0 Å². The number of hydrogen-bond donors (Lipinski definition) is 2. The summed E-state index contributed by atoms with van der Waals surface area (Å²) in [5.74, 6) is 0.605. The molecule has 0 aliphatic carbocycles. The molecule has 0 bridgehead atoms. The molecular weight excluding hydrogens is 176 g/mol. The van der Waals surface area contributed by atoms with Gasteiger partial charge in [-0.15, -0.1) is 0 Å². The topological polar surface area (TPSA) is 41.1 Å². The van der Waals surface area contributed by atoms with E-state index in [2.05, 4.69) is 38.3 Å². The second kappa shape index (κ2) is 6.82. The number of nitrogens with one attached hydrogen (secondary N) is 2. The van der Waals surface area contributed by atoms with E-state index in [0.29, 0.717) is 12.0 Å². The Bertz CT molecular complexity index is 169. The van der Waals surface area contributed by atoms with Gasteiger partial charge in [-0.25, -0.2) is 0 Å². The molecule has 0 aliphatic heterocycles. The largest absolute Gasteiger partial charge is 0.354 e. The molecule has 0 aliphatic rings. The lowest BCUT2D eigenvalue weighted by Gasteiger charge is -2.18. The van der Waals surface area contributed by atoms with Crippen LogP contribution in [0.4, 0.5) is 0 Å². The van der Waals surface area contributed by atoms with Gasteiger partial charge in [-0.05, 0) is 26.2 Å². The Labute approximate surface area is 87.6 Å². The van der Waals surface area contributed by atoms with Gasteiger partial charge in [-0.3, -0.25) is 4.79 Å². The number of rotatable bonds is 6. The molecule has 0 fully saturated rings. The van der Waals surface area contributed by atoms with Gasteiger partial charge in [0.05, 0.1) is 6.04 Å². The summed E-state index contributed by atoms with van der Waals surface area (Å²) in [6, 6.07) is 0.304. The van der Waals surface area contributed by atoms with Crippen LogP contribution in [0.2, 0.25) is 0 Å². The molecule has 2 N–H and O–H groups in total. The van der Waals surface area contributed by atoms with Crippen LogP contribution in [0.5, 0.6) is 0 Å². The Kier molecular flexibility index (Phi) is 6.54. The molecule has 2 unspecified atom stereocenters. The van der Waals surface area contributed by atoms with Crippen LogP contribution in [0, 0.1) is 5.92 Å². The maximum absolute atomic E-state index is 11.5. The molecule has 3 nitrogen and oxygen atoms in total. The van der Waals surface area contributed by atoms with Crippen LogP contribution in [0.25, 0.3) is 0 Å². The van der Waals surface area contributed by atoms with Crippen LogP contribution < -0.4 is 10.6 Å². The molecule has 0 saturated carbocycles. The van der Waals surface area contributed by atoms with Crippen molar-refractivity contribution in [2.45, 2.75) is 53.1 Å². The monoisotopic (exact) mass is 200 g/mol. The highest BCUT2D eigenvalue weighted by Gasteiger charge is 2.13. The predicted molar refractivity (Wildman–Crippen MR) is 60.2 cm³/mol. The van der Waals surface area contributed by atoms with Gasteiger partial charge in [0.25, 0.3) is 0 Å². The van der Waals surface area contributed by atoms with Crippen molar-refractivity contribution in [3.8, 4) is 0 Å². The molecule has 1 amide bonds. The van der Waals surface area contributed by atoms with Crippen LogP contribution >= 0.6 is 0 Å². The number of carbonyl (C=O) groups is 1. The van der Waals surface area contributed by atoms with Gasteiger partial charge in [0.15, 0.2) is 0 Å². The average molecular weight is 200 g/mol. The first-order chi connectivity index (χ1) is 6.47. The summed E-state index contributed by atoms with van der Waals surface area (Å²) in [5.41, 5.74) is 0. The minimum atomic E-state index is -0.0938. The molecule has 0 rings (SSSR count). The van der Waals surface area contributed by atoms with Crippen molar-refractivity contribution in [1.29, 1.82) is 0 Å². The van der Waals surface area contributed by atoms with Gasteiger partial charge in [0, 0.05) is 12.6 Å². The highest BCUT2D eigenvalue weighted by Crippen LogP contribution is 1.93. The van der Waals surface area contributed by atoms with Crippen molar-refractivity contribution < 1.29 is 4.79 Å². The minimum Gasteiger partial charge on any atom is -0.354 e. The van der Waals surface area contributed by atoms with E-state index in [1.165, 1.54) is 0 Å². The molecular formula is C11H24N2O. The van der Waals surface area contributed by atoms with Gasteiger partial charge >= 0.3 is 0 Å². The van der Waals surface area contributed by atoms with Crippen LogP contribution in [0.1, 0.15) is 41.0 Å². The number of amides is 1. The Balaban J connectivity index is 3.76. The van der Waals surface area contributed by atoms with E-state index in [1.807, 2.05) is 6.92 Å². The summed E-state index contributed by atoms with van der Waals surface area (Å²) in [7, 11) is 0. The van der Waals surface area contributed by atoms with Crippen LogP contribution in [-0.4, -0.2) is 24.5 Å². The van der Waals surface area contributed by atoms with Crippen molar-refractivity contribution >= 4 is 5.91 Å². The third-order valence-corrected chi connectivity index (χ3v) is 2.22. The van der Waals surface area contributed by atoms with E-state index in [1.54, 1.807) is 0 Å². The molecule has 2 atom stereocenters. The molecule has 0 spiro atoms. The van der Waals surface area contributed by atoms with E-state index in [4.69, 9.17) is 0 Å². The van der Waals surface area contributed by atoms with Gasteiger partial charge < -0.3 is 10.6 Å². The molecule has 0 aromatic rings. The van der Waals surface area contributed by atoms with E-state index >= 15 is 0 Å². The van der Waals surface area contributed by atoms with Crippen molar-refractivity contribution in [1.82, 2.24) is 10.6 Å². The molecule has 3 heteroatoms. The fraction of sp³-hybridized carbons (Fsp3) is 0.909. The Morgan fingerprint density at radius 3 is 2.21 bits per heavy atom. The normalized spacial score (nSPS) is 15.3. The van der Waals surface area contributed by atoms with Gasteiger partial charge in [0.2, 0.25) is 5.91 Å². The maximum atomic E-state index is 11.5. The maximum Gasteiger partial charge on any atom is 0.236 e. The standard InChI is InChI=1S/C11H24N2O/c1-6-9(4)13-10(5)11(14)12-7-8(2)3/h8-10,13H,6-7H2,1-5H3,(H,12,14). The lowest BCUT2D eigenvalue weighted by Crippen LogP contribution is -2.46. The highest BCUT2D eigenvalue weighted by atomic mass is 16.2. The molecule has 14 heavy (non-hydrogen) atoms. The smallest absolute Gasteiger partial charge is 0.236 e. The zero-order valence-electron chi connectivity index (χ0n) is 10.1. The second-order valence-electron chi connectivity index (χ2n) is 4.34. The Morgan fingerprint density at radius 2 is 1.79 bits per heavy atom. The zero-order valence-corrected chi connectivity index (χ0v) is 10.1. The van der Waals surface area contributed by atoms with Crippen molar-refractivity contribution in [3.05, 3.63) is 0 Å². The van der Waals surface area contributed by atoms with E-state index in [9.17, 15) is 4.79 Å². The lowest BCUT2D eigenvalue weighted by atomic mass is 10.2. The molecule has 0 heterocycles. The Morgan fingerprint density at radius 1 is 1.21 bits per heavy atom. The molecule has 84 valence electrons. The fourth-order valence-electron chi connectivity index (χ4n) is 1.08. The summed E-state index contributed by atoms with van der Waals surface area (Å²) >= 11 is 0. The predicted octanol–water partition coefficient (Wildman–Crippen LogP) is 1.54. The Hall–Kier alpha value is -0.570. The first kappa shape index (κ1) is 13.4. The van der Waals surface area contributed by atoms with Gasteiger partial charge in [0.1, 0.15) is 0 Å². The van der Waals surface area contributed by atoms with Crippen LogP contribution in [0.15, 0.2) is 0 Å². The lowest BCUT2D eigenvalue weighted by molar-refractivity contribution is -0.123. The zero-order chi connectivity index (χ0) is 11.1. The van der Waals surface area contributed by atoms with E-state index < -0.39 is 0 Å². The van der Waals surface area contributed by atoms with Crippen LogP contribution in [-0.2, 0) is 4.79 Å². The molecule has 0 aromatic heterocycles. The second-order valence-corrected chi connectivity index (χ2v) is 4.34. The summed E-state index contributed by atoms with van der Waals surface area (Å²) in [6.45, 7) is 11.0. The van der Waals surface area contributed by atoms with E-state index in [-0.39, 0.29) is 11.9 Å². The van der Waals surface area contributed by atoms with Crippen molar-refractivity contribution in [3.63, 3.8) is 0 Å². The first-order valence-electron chi connectivity index (χ1n) is 5.51. The van der Waals surface area contributed by atoms with Gasteiger partial charge in [-0.2, -0.15) is 0 Å². The summed E-state index contributed by atoms with van der Waals surface area (Å²) in [5, 5.41) is 6.15. The van der Waals surface area contributed by atoms with Crippen molar-refractivity contribution in [2.75, 3.05) is 6.54 Å². The quantitative estimate of drug-likeness (QED) is 0.683. The molecule has 0 radical (unpaired) electrons. The van der Waals surface area contributed by atoms with E-state index in [0.717, 1.165) is 13.0 Å².